The molecule has 1 aliphatic carbocycles. The molecule has 2 fully saturated rings. The molecule has 1 saturated heterocycles. The van der Waals surface area contributed by atoms with Gasteiger partial charge in [0.2, 0.25) is 0 Å². The third-order valence-corrected chi connectivity index (χ3v) is 5.73. The molecule has 128 valence electrons. The summed E-state index contributed by atoms with van der Waals surface area (Å²) in [5.41, 5.74) is -0.613. The molecule has 2 rings (SSSR count). The van der Waals surface area contributed by atoms with Gasteiger partial charge in [-0.1, -0.05) is 33.3 Å². The second-order valence-electron chi connectivity index (χ2n) is 7.88. The molecule has 3 heteroatoms. The first-order chi connectivity index (χ1) is 10.5. The van der Waals surface area contributed by atoms with E-state index in [-0.39, 0.29) is 12.2 Å². The third kappa shape index (κ3) is 3.74. The molecule has 0 spiro atoms. The van der Waals surface area contributed by atoms with Crippen LogP contribution in [-0.4, -0.2) is 36.1 Å². The zero-order chi connectivity index (χ0) is 16.2. The topological polar surface area (TPSA) is 38.7 Å². The SMILES string of the molecule is C=CC[C@]1(OC[C@@]2(CO)CCCO2)C[C@H](C)CC[C@H]1C(C)C. The molecule has 0 bridgehead atoms. The highest BCUT2D eigenvalue weighted by atomic mass is 16.6. The van der Waals surface area contributed by atoms with Crippen LogP contribution < -0.4 is 0 Å². The summed E-state index contributed by atoms with van der Waals surface area (Å²) in [5, 5.41) is 9.76. The summed E-state index contributed by atoms with van der Waals surface area (Å²) in [7, 11) is 0. The molecule has 1 saturated carbocycles. The quantitative estimate of drug-likeness (QED) is 0.724. The van der Waals surface area contributed by atoms with E-state index >= 15 is 0 Å². The molecule has 0 aromatic carbocycles. The van der Waals surface area contributed by atoms with Gasteiger partial charge < -0.3 is 14.6 Å². The Morgan fingerprint density at radius 1 is 1.41 bits per heavy atom. The lowest BCUT2D eigenvalue weighted by Crippen LogP contribution is -2.51. The first-order valence-electron chi connectivity index (χ1n) is 8.96. The van der Waals surface area contributed by atoms with E-state index < -0.39 is 5.60 Å². The lowest BCUT2D eigenvalue weighted by Gasteiger charge is -2.49. The zero-order valence-corrected chi connectivity index (χ0v) is 14.6. The summed E-state index contributed by atoms with van der Waals surface area (Å²) in [4.78, 5) is 0. The lowest BCUT2D eigenvalue weighted by molar-refractivity contribution is -0.181. The second-order valence-corrected chi connectivity index (χ2v) is 7.88. The maximum Gasteiger partial charge on any atom is 0.114 e. The number of rotatable bonds is 7. The fourth-order valence-electron chi connectivity index (χ4n) is 4.53. The molecule has 4 atom stereocenters. The molecule has 3 nitrogen and oxygen atoms in total. The third-order valence-electron chi connectivity index (χ3n) is 5.73. The molecule has 0 unspecified atom stereocenters. The van der Waals surface area contributed by atoms with Crippen LogP contribution in [0.25, 0.3) is 0 Å². The van der Waals surface area contributed by atoms with Gasteiger partial charge in [-0.3, -0.25) is 0 Å². The van der Waals surface area contributed by atoms with Crippen LogP contribution >= 0.6 is 0 Å². The maximum absolute atomic E-state index is 9.76. The highest BCUT2D eigenvalue weighted by molar-refractivity contribution is 5.00. The Morgan fingerprint density at radius 2 is 2.18 bits per heavy atom. The van der Waals surface area contributed by atoms with E-state index in [1.807, 2.05) is 6.08 Å². The van der Waals surface area contributed by atoms with Crippen molar-refractivity contribution >= 4 is 0 Å². The summed E-state index contributed by atoms with van der Waals surface area (Å²) in [6.45, 7) is 12.2. The molecule has 1 N–H and O–H groups in total. The molecular formula is C19H34O3. The van der Waals surface area contributed by atoms with Gasteiger partial charge in [-0.2, -0.15) is 0 Å². The molecule has 0 radical (unpaired) electrons. The van der Waals surface area contributed by atoms with E-state index in [1.165, 1.54) is 12.8 Å². The average molecular weight is 310 g/mol. The van der Waals surface area contributed by atoms with Crippen LogP contribution in [0.3, 0.4) is 0 Å². The van der Waals surface area contributed by atoms with E-state index in [4.69, 9.17) is 9.47 Å². The van der Waals surface area contributed by atoms with Gasteiger partial charge >= 0.3 is 0 Å². The number of hydrogen-bond acceptors (Lipinski definition) is 3. The normalized spacial score (nSPS) is 39.3. The van der Waals surface area contributed by atoms with E-state index in [0.717, 1.165) is 32.3 Å². The smallest absolute Gasteiger partial charge is 0.114 e. The highest BCUT2D eigenvalue weighted by Crippen LogP contribution is 2.46. The van der Waals surface area contributed by atoms with Crippen molar-refractivity contribution < 1.29 is 14.6 Å². The fraction of sp³-hybridized carbons (Fsp3) is 0.895. The van der Waals surface area contributed by atoms with E-state index in [1.54, 1.807) is 0 Å². The molecule has 0 aromatic heterocycles. The summed E-state index contributed by atoms with van der Waals surface area (Å²) < 4.78 is 12.4. The largest absolute Gasteiger partial charge is 0.393 e. The van der Waals surface area contributed by atoms with Gasteiger partial charge in [-0.25, -0.2) is 0 Å². The van der Waals surface area contributed by atoms with E-state index in [0.29, 0.717) is 24.4 Å². The lowest BCUT2D eigenvalue weighted by atomic mass is 9.65. The van der Waals surface area contributed by atoms with Crippen LogP contribution in [-0.2, 0) is 9.47 Å². The van der Waals surface area contributed by atoms with Crippen molar-refractivity contribution in [3.05, 3.63) is 12.7 Å². The number of hydrogen-bond donors (Lipinski definition) is 1. The molecule has 1 heterocycles. The van der Waals surface area contributed by atoms with E-state index in [9.17, 15) is 5.11 Å². The van der Waals surface area contributed by atoms with Crippen LogP contribution in [0.15, 0.2) is 12.7 Å². The Hall–Kier alpha value is -0.380. The van der Waals surface area contributed by atoms with Crippen molar-refractivity contribution in [1.82, 2.24) is 0 Å². The molecule has 1 aliphatic heterocycles. The van der Waals surface area contributed by atoms with Gasteiger partial charge in [0.1, 0.15) is 5.60 Å². The fourth-order valence-corrected chi connectivity index (χ4v) is 4.53. The van der Waals surface area contributed by atoms with Crippen molar-refractivity contribution in [2.75, 3.05) is 19.8 Å². The van der Waals surface area contributed by atoms with Gasteiger partial charge in [-0.05, 0) is 49.9 Å². The van der Waals surface area contributed by atoms with Crippen molar-refractivity contribution in [2.45, 2.75) is 70.5 Å². The van der Waals surface area contributed by atoms with Crippen LogP contribution in [0.5, 0.6) is 0 Å². The molecule has 2 aliphatic rings. The Kier molecular flexibility index (Phi) is 6.09. The van der Waals surface area contributed by atoms with Gasteiger partial charge in [0.05, 0.1) is 18.8 Å². The van der Waals surface area contributed by atoms with Crippen LogP contribution in [0, 0.1) is 17.8 Å². The zero-order valence-electron chi connectivity index (χ0n) is 14.6. The van der Waals surface area contributed by atoms with Gasteiger partial charge in [0.15, 0.2) is 0 Å². The van der Waals surface area contributed by atoms with Gasteiger partial charge in [-0.15, -0.1) is 6.58 Å². The monoisotopic (exact) mass is 310 g/mol. The number of aliphatic hydroxyl groups excluding tert-OH is 1. The van der Waals surface area contributed by atoms with Gasteiger partial charge in [0.25, 0.3) is 0 Å². The molecule has 22 heavy (non-hydrogen) atoms. The summed E-state index contributed by atoms with van der Waals surface area (Å²) >= 11 is 0. The van der Waals surface area contributed by atoms with Crippen molar-refractivity contribution in [1.29, 1.82) is 0 Å². The Labute approximate surface area is 136 Å². The first kappa shape index (κ1) is 18.0. The van der Waals surface area contributed by atoms with Crippen LogP contribution in [0.2, 0.25) is 0 Å². The number of aliphatic hydroxyl groups is 1. The summed E-state index contributed by atoms with van der Waals surface area (Å²) in [6.07, 6.45) is 8.41. The Bertz CT molecular complexity index is 360. The standard InChI is InChI=1S/C19H34O3/c1-5-9-19(12-16(4)7-8-17(19)15(2)3)22-14-18(13-20)10-6-11-21-18/h5,15-17,20H,1,6-14H2,2-4H3/t16-,17+,18+,19+/m1/s1. The molecular weight excluding hydrogens is 276 g/mol. The Morgan fingerprint density at radius 3 is 2.73 bits per heavy atom. The minimum atomic E-state index is -0.476. The van der Waals surface area contributed by atoms with Crippen molar-refractivity contribution in [3.8, 4) is 0 Å². The first-order valence-corrected chi connectivity index (χ1v) is 8.96. The minimum absolute atomic E-state index is 0.0546. The molecule has 0 aromatic rings. The van der Waals surface area contributed by atoms with Crippen LogP contribution in [0.4, 0.5) is 0 Å². The van der Waals surface area contributed by atoms with Crippen molar-refractivity contribution in [3.63, 3.8) is 0 Å². The second kappa shape index (κ2) is 7.46. The minimum Gasteiger partial charge on any atom is -0.393 e. The summed E-state index contributed by atoms with van der Waals surface area (Å²) in [5.74, 6) is 1.84. The summed E-state index contributed by atoms with van der Waals surface area (Å²) in [6, 6.07) is 0. The van der Waals surface area contributed by atoms with Gasteiger partial charge in [0, 0.05) is 6.61 Å². The maximum atomic E-state index is 9.76. The van der Waals surface area contributed by atoms with E-state index in [2.05, 4.69) is 27.4 Å². The van der Waals surface area contributed by atoms with Crippen LogP contribution in [0.1, 0.15) is 59.3 Å². The Balaban J connectivity index is 2.15. The predicted octanol–water partition coefficient (Wildman–Crippen LogP) is 3.95. The van der Waals surface area contributed by atoms with Crippen molar-refractivity contribution in [2.24, 2.45) is 17.8 Å². The predicted molar refractivity (Wildman–Crippen MR) is 89.8 cm³/mol. The highest BCUT2D eigenvalue weighted by Gasteiger charge is 2.46. The average Bonchev–Trinajstić information content (AvgIpc) is 2.95. The number of ether oxygens (including phenoxy) is 2. The molecule has 0 amide bonds.